The van der Waals surface area contributed by atoms with Crippen molar-refractivity contribution >= 4 is 0 Å². The molecule has 1 unspecified atom stereocenters. The third-order valence-corrected chi connectivity index (χ3v) is 5.34. The van der Waals surface area contributed by atoms with Crippen LogP contribution in [-0.4, -0.2) is 6.10 Å². The summed E-state index contributed by atoms with van der Waals surface area (Å²) in [6.45, 7) is 11.8. The van der Waals surface area contributed by atoms with Crippen molar-refractivity contribution in [1.29, 1.82) is 0 Å². The van der Waals surface area contributed by atoms with E-state index in [1.807, 2.05) is 0 Å². The fraction of sp³-hybridized carbons (Fsp3) is 0.667. The molecule has 0 N–H and O–H groups in total. The lowest BCUT2D eigenvalue weighted by atomic mass is 9.61. The summed E-state index contributed by atoms with van der Waals surface area (Å²) in [4.78, 5) is 0. The Kier molecular flexibility index (Phi) is 3.94. The summed E-state index contributed by atoms with van der Waals surface area (Å²) in [7, 11) is 0. The van der Waals surface area contributed by atoms with E-state index >= 15 is 0 Å². The molecule has 0 radical (unpaired) electrons. The van der Waals surface area contributed by atoms with E-state index < -0.39 is 0 Å². The standard InChI is InChI=1S/C18H28O/c1-6-13-17(2,3)18(4,5)16-12-11-14-9-7-8-10-15(14)19-16/h7-10,16H,6,11-13H2,1-5H3. The lowest BCUT2D eigenvalue weighted by molar-refractivity contribution is -0.0353. The van der Waals surface area contributed by atoms with Crippen molar-refractivity contribution < 1.29 is 4.74 Å². The predicted molar refractivity (Wildman–Crippen MR) is 81.6 cm³/mol. The molecule has 0 fully saturated rings. The minimum absolute atomic E-state index is 0.191. The van der Waals surface area contributed by atoms with E-state index in [4.69, 9.17) is 4.74 Å². The van der Waals surface area contributed by atoms with Gasteiger partial charge in [0.15, 0.2) is 0 Å². The van der Waals surface area contributed by atoms with Gasteiger partial charge < -0.3 is 4.74 Å². The van der Waals surface area contributed by atoms with Crippen LogP contribution in [0.2, 0.25) is 0 Å². The van der Waals surface area contributed by atoms with Crippen molar-refractivity contribution in [2.75, 3.05) is 0 Å². The first-order valence-corrected chi connectivity index (χ1v) is 7.63. The normalized spacial score (nSPS) is 19.7. The van der Waals surface area contributed by atoms with Gasteiger partial charge in [-0.05, 0) is 36.3 Å². The molecule has 1 aliphatic rings. The highest BCUT2D eigenvalue weighted by Gasteiger charge is 2.44. The van der Waals surface area contributed by atoms with Gasteiger partial charge in [0.25, 0.3) is 0 Å². The number of hydrogen-bond acceptors (Lipinski definition) is 1. The summed E-state index contributed by atoms with van der Waals surface area (Å²) in [5.41, 5.74) is 1.86. The topological polar surface area (TPSA) is 9.23 Å². The molecule has 106 valence electrons. The highest BCUT2D eigenvalue weighted by molar-refractivity contribution is 5.35. The van der Waals surface area contributed by atoms with Crippen molar-refractivity contribution in [3.8, 4) is 5.75 Å². The number of ether oxygens (including phenoxy) is 1. The molecule has 1 heterocycles. The molecule has 1 aromatic rings. The van der Waals surface area contributed by atoms with Crippen LogP contribution in [0.3, 0.4) is 0 Å². The van der Waals surface area contributed by atoms with E-state index in [0.29, 0.717) is 11.5 Å². The predicted octanol–water partition coefficient (Wildman–Crippen LogP) is 5.23. The van der Waals surface area contributed by atoms with Crippen LogP contribution in [0.15, 0.2) is 24.3 Å². The van der Waals surface area contributed by atoms with E-state index in [1.54, 1.807) is 0 Å². The van der Waals surface area contributed by atoms with E-state index in [1.165, 1.54) is 18.4 Å². The molecule has 0 amide bonds. The zero-order valence-corrected chi connectivity index (χ0v) is 13.1. The Morgan fingerprint density at radius 1 is 1.16 bits per heavy atom. The van der Waals surface area contributed by atoms with Gasteiger partial charge in [-0.15, -0.1) is 0 Å². The Bertz CT molecular complexity index is 431. The van der Waals surface area contributed by atoms with E-state index in [9.17, 15) is 0 Å². The lowest BCUT2D eigenvalue weighted by Crippen LogP contribution is -2.46. The quantitative estimate of drug-likeness (QED) is 0.720. The molecule has 1 heteroatoms. The first kappa shape index (κ1) is 14.4. The molecule has 0 bridgehead atoms. The van der Waals surface area contributed by atoms with Crippen LogP contribution in [0, 0.1) is 10.8 Å². The second kappa shape index (κ2) is 5.19. The molecule has 0 saturated carbocycles. The van der Waals surface area contributed by atoms with Crippen LogP contribution in [0.4, 0.5) is 0 Å². The van der Waals surface area contributed by atoms with Gasteiger partial charge in [-0.1, -0.05) is 59.2 Å². The summed E-state index contributed by atoms with van der Waals surface area (Å²) >= 11 is 0. The van der Waals surface area contributed by atoms with Gasteiger partial charge in [0, 0.05) is 5.41 Å². The number of hydrogen-bond donors (Lipinski definition) is 0. The van der Waals surface area contributed by atoms with Gasteiger partial charge >= 0.3 is 0 Å². The van der Waals surface area contributed by atoms with Crippen LogP contribution in [0.5, 0.6) is 5.75 Å². The van der Waals surface area contributed by atoms with Gasteiger partial charge in [0.05, 0.1) is 0 Å². The zero-order valence-electron chi connectivity index (χ0n) is 13.1. The molecule has 0 saturated heterocycles. The molecule has 0 aromatic heterocycles. The zero-order chi connectivity index (χ0) is 14.1. The second-order valence-corrected chi connectivity index (χ2v) is 7.11. The van der Waals surface area contributed by atoms with Gasteiger partial charge in [-0.25, -0.2) is 0 Å². The molecular weight excluding hydrogens is 232 g/mol. The van der Waals surface area contributed by atoms with Crippen molar-refractivity contribution in [2.24, 2.45) is 10.8 Å². The first-order valence-electron chi connectivity index (χ1n) is 7.63. The van der Waals surface area contributed by atoms with Crippen LogP contribution in [0.25, 0.3) is 0 Å². The van der Waals surface area contributed by atoms with Crippen LogP contribution in [0.1, 0.15) is 59.4 Å². The first-order chi connectivity index (χ1) is 8.88. The Morgan fingerprint density at radius 2 is 1.84 bits per heavy atom. The molecule has 1 aromatic carbocycles. The minimum atomic E-state index is 0.191. The summed E-state index contributed by atoms with van der Waals surface area (Å²) in [5.74, 6) is 1.10. The van der Waals surface area contributed by atoms with Gasteiger partial charge in [0.1, 0.15) is 11.9 Å². The fourth-order valence-electron chi connectivity index (χ4n) is 3.22. The molecule has 2 rings (SSSR count). The van der Waals surface area contributed by atoms with Gasteiger partial charge in [-0.3, -0.25) is 0 Å². The van der Waals surface area contributed by atoms with Crippen LogP contribution >= 0.6 is 0 Å². The molecule has 1 nitrogen and oxygen atoms in total. The SMILES string of the molecule is CCCC(C)(C)C(C)(C)C1CCc2ccccc2O1. The van der Waals surface area contributed by atoms with E-state index in [2.05, 4.69) is 58.9 Å². The van der Waals surface area contributed by atoms with Crippen molar-refractivity contribution in [2.45, 2.75) is 66.4 Å². The van der Waals surface area contributed by atoms with Crippen molar-refractivity contribution in [3.05, 3.63) is 29.8 Å². The maximum absolute atomic E-state index is 6.33. The lowest BCUT2D eigenvalue weighted by Gasteiger charge is -2.48. The molecule has 19 heavy (non-hydrogen) atoms. The Balaban J connectivity index is 2.20. The Morgan fingerprint density at radius 3 is 2.53 bits per heavy atom. The highest BCUT2D eigenvalue weighted by atomic mass is 16.5. The monoisotopic (exact) mass is 260 g/mol. The Hall–Kier alpha value is -0.980. The summed E-state index contributed by atoms with van der Waals surface area (Å²) in [6, 6.07) is 8.49. The average molecular weight is 260 g/mol. The number of aryl methyl sites for hydroxylation is 1. The van der Waals surface area contributed by atoms with E-state index in [-0.39, 0.29) is 5.41 Å². The molecule has 0 spiro atoms. The maximum Gasteiger partial charge on any atom is 0.122 e. The third-order valence-electron chi connectivity index (χ3n) is 5.34. The van der Waals surface area contributed by atoms with Gasteiger partial charge in [0.2, 0.25) is 0 Å². The van der Waals surface area contributed by atoms with Crippen LogP contribution in [-0.2, 0) is 6.42 Å². The molecule has 1 atom stereocenters. The average Bonchev–Trinajstić information content (AvgIpc) is 2.38. The highest BCUT2D eigenvalue weighted by Crippen LogP contribution is 2.48. The Labute approximate surface area is 118 Å². The molecule has 0 aliphatic carbocycles. The number of para-hydroxylation sites is 1. The fourth-order valence-corrected chi connectivity index (χ4v) is 3.22. The second-order valence-electron chi connectivity index (χ2n) is 7.11. The van der Waals surface area contributed by atoms with E-state index in [0.717, 1.165) is 18.6 Å². The number of rotatable bonds is 4. The summed E-state index contributed by atoms with van der Waals surface area (Å²) < 4.78 is 6.33. The van der Waals surface area contributed by atoms with Crippen LogP contribution < -0.4 is 4.74 Å². The minimum Gasteiger partial charge on any atom is -0.490 e. The van der Waals surface area contributed by atoms with Crippen molar-refractivity contribution in [3.63, 3.8) is 0 Å². The smallest absolute Gasteiger partial charge is 0.122 e. The summed E-state index contributed by atoms with van der Waals surface area (Å²) in [5, 5.41) is 0. The van der Waals surface area contributed by atoms with Gasteiger partial charge in [-0.2, -0.15) is 0 Å². The molecule has 1 aliphatic heterocycles. The molecular formula is C18H28O. The maximum atomic E-state index is 6.33. The number of fused-ring (bicyclic) bond motifs is 1. The largest absolute Gasteiger partial charge is 0.490 e. The summed E-state index contributed by atoms with van der Waals surface area (Å²) in [6.07, 6.45) is 5.09. The third kappa shape index (κ3) is 2.66. The van der Waals surface area contributed by atoms with Crippen molar-refractivity contribution in [1.82, 2.24) is 0 Å². The number of benzene rings is 1.